The maximum Gasteiger partial charge on any atom is 0.308 e. The third kappa shape index (κ3) is 3.88. The molecule has 3 rings (SSSR count). The Morgan fingerprint density at radius 2 is 1.56 bits per heavy atom. The van der Waals surface area contributed by atoms with E-state index < -0.39 is 11.9 Å². The van der Waals surface area contributed by atoms with E-state index in [0.29, 0.717) is 11.5 Å². The highest BCUT2D eigenvalue weighted by Gasteiger charge is 2.30. The largest absolute Gasteiger partial charge is 0.422 e. The van der Waals surface area contributed by atoms with E-state index in [-0.39, 0.29) is 5.92 Å². The van der Waals surface area contributed by atoms with Gasteiger partial charge in [0.1, 0.15) is 0 Å². The van der Waals surface area contributed by atoms with Crippen molar-refractivity contribution in [1.29, 1.82) is 0 Å². The zero-order valence-corrected chi connectivity index (χ0v) is 16.2. The molecule has 2 aromatic rings. The van der Waals surface area contributed by atoms with Crippen LogP contribution in [-0.4, -0.2) is 25.0 Å². The Labute approximate surface area is 159 Å². The summed E-state index contributed by atoms with van der Waals surface area (Å²) in [5.74, 6) is -0.0476. The number of benzene rings is 2. The lowest BCUT2D eigenvalue weighted by atomic mass is 9.82. The minimum Gasteiger partial charge on any atom is -0.422 e. The SMILES string of the molecule is CC(=O)Oc1c(C)c2c(c(C)c1OC(C)=O)C(c1ccccc1)CNCC2. The minimum atomic E-state index is -0.436. The maximum absolute atomic E-state index is 11.7. The number of carbonyl (C=O) groups is 2. The highest BCUT2D eigenvalue weighted by molar-refractivity contribution is 5.77. The molecule has 1 heterocycles. The van der Waals surface area contributed by atoms with Gasteiger partial charge in [-0.15, -0.1) is 0 Å². The van der Waals surface area contributed by atoms with Crippen LogP contribution in [0.3, 0.4) is 0 Å². The van der Waals surface area contributed by atoms with Crippen molar-refractivity contribution < 1.29 is 19.1 Å². The standard InChI is InChI=1S/C22H25NO4/c1-13-18-10-11-23-12-19(17-8-6-5-7-9-17)20(18)14(2)22(27-16(4)25)21(13)26-15(3)24/h5-9,19,23H,10-12H2,1-4H3. The van der Waals surface area contributed by atoms with Crippen molar-refractivity contribution in [3.05, 3.63) is 58.1 Å². The predicted molar refractivity (Wildman–Crippen MR) is 103 cm³/mol. The van der Waals surface area contributed by atoms with E-state index in [1.807, 2.05) is 32.0 Å². The summed E-state index contributed by atoms with van der Waals surface area (Å²) < 4.78 is 11.0. The summed E-state index contributed by atoms with van der Waals surface area (Å²) in [6.45, 7) is 8.20. The fraction of sp³-hybridized carbons (Fsp3) is 0.364. The van der Waals surface area contributed by atoms with Crippen molar-refractivity contribution in [2.45, 2.75) is 40.0 Å². The van der Waals surface area contributed by atoms with Crippen LogP contribution in [0.1, 0.15) is 47.6 Å². The molecule has 0 fully saturated rings. The van der Waals surface area contributed by atoms with Crippen molar-refractivity contribution in [2.24, 2.45) is 0 Å². The lowest BCUT2D eigenvalue weighted by molar-refractivity contribution is -0.134. The average molecular weight is 367 g/mol. The molecule has 0 saturated heterocycles. The van der Waals surface area contributed by atoms with Gasteiger partial charge in [0.2, 0.25) is 0 Å². The first kappa shape index (κ1) is 19.1. The molecule has 1 atom stereocenters. The molecule has 1 aliphatic rings. The van der Waals surface area contributed by atoms with Crippen molar-refractivity contribution in [3.63, 3.8) is 0 Å². The van der Waals surface area contributed by atoms with Crippen LogP contribution in [0.25, 0.3) is 0 Å². The number of hydrogen-bond donors (Lipinski definition) is 1. The molecule has 1 N–H and O–H groups in total. The summed E-state index contributed by atoms with van der Waals surface area (Å²) in [6, 6.07) is 10.3. The first-order chi connectivity index (χ1) is 12.9. The van der Waals surface area contributed by atoms with Crippen LogP contribution < -0.4 is 14.8 Å². The first-order valence-electron chi connectivity index (χ1n) is 9.18. The monoisotopic (exact) mass is 367 g/mol. The van der Waals surface area contributed by atoms with E-state index in [9.17, 15) is 9.59 Å². The number of rotatable bonds is 3. The van der Waals surface area contributed by atoms with E-state index in [0.717, 1.165) is 41.8 Å². The smallest absolute Gasteiger partial charge is 0.308 e. The van der Waals surface area contributed by atoms with E-state index in [4.69, 9.17) is 9.47 Å². The van der Waals surface area contributed by atoms with Gasteiger partial charge in [-0.25, -0.2) is 0 Å². The van der Waals surface area contributed by atoms with Gasteiger partial charge in [-0.3, -0.25) is 9.59 Å². The molecule has 27 heavy (non-hydrogen) atoms. The zero-order chi connectivity index (χ0) is 19.6. The Morgan fingerprint density at radius 3 is 2.15 bits per heavy atom. The molecule has 1 unspecified atom stereocenters. The molecule has 0 aliphatic carbocycles. The third-order valence-corrected chi connectivity index (χ3v) is 5.01. The Hall–Kier alpha value is -2.66. The third-order valence-electron chi connectivity index (χ3n) is 5.01. The summed E-state index contributed by atoms with van der Waals surface area (Å²) >= 11 is 0. The van der Waals surface area contributed by atoms with Crippen LogP contribution in [0.5, 0.6) is 11.5 Å². The second-order valence-electron chi connectivity index (χ2n) is 6.91. The molecule has 0 aromatic heterocycles. The van der Waals surface area contributed by atoms with Gasteiger partial charge < -0.3 is 14.8 Å². The Morgan fingerprint density at radius 1 is 0.963 bits per heavy atom. The van der Waals surface area contributed by atoms with E-state index in [2.05, 4.69) is 17.4 Å². The normalized spacial score (nSPS) is 16.2. The second kappa shape index (κ2) is 7.92. The Bertz CT molecular complexity index is 874. The summed E-state index contributed by atoms with van der Waals surface area (Å²) in [6.07, 6.45) is 0.819. The van der Waals surface area contributed by atoms with E-state index in [1.165, 1.54) is 19.4 Å². The van der Waals surface area contributed by atoms with Gasteiger partial charge in [0.05, 0.1) is 0 Å². The fourth-order valence-electron chi connectivity index (χ4n) is 3.89. The van der Waals surface area contributed by atoms with E-state index >= 15 is 0 Å². The first-order valence-corrected chi connectivity index (χ1v) is 9.18. The number of nitrogens with one attached hydrogen (secondary N) is 1. The van der Waals surface area contributed by atoms with E-state index in [1.54, 1.807) is 0 Å². The van der Waals surface area contributed by atoms with Gasteiger partial charge in [0.25, 0.3) is 0 Å². The lowest BCUT2D eigenvalue weighted by Crippen LogP contribution is -2.21. The topological polar surface area (TPSA) is 64.6 Å². The predicted octanol–water partition coefficient (Wildman–Crippen LogP) is 3.43. The molecule has 0 amide bonds. The highest BCUT2D eigenvalue weighted by atomic mass is 16.6. The molecular weight excluding hydrogens is 342 g/mol. The second-order valence-corrected chi connectivity index (χ2v) is 6.91. The van der Waals surface area contributed by atoms with Crippen molar-refractivity contribution in [3.8, 4) is 11.5 Å². The average Bonchev–Trinajstić information content (AvgIpc) is 2.86. The van der Waals surface area contributed by atoms with Crippen LogP contribution in [0.2, 0.25) is 0 Å². The molecular formula is C22H25NO4. The number of fused-ring (bicyclic) bond motifs is 1. The van der Waals surface area contributed by atoms with Gasteiger partial charge in [-0.05, 0) is 54.6 Å². The van der Waals surface area contributed by atoms with Gasteiger partial charge in [-0.2, -0.15) is 0 Å². The molecule has 5 heteroatoms. The van der Waals surface area contributed by atoms with Crippen LogP contribution in [0, 0.1) is 13.8 Å². The van der Waals surface area contributed by atoms with Crippen LogP contribution in [0.15, 0.2) is 30.3 Å². The van der Waals surface area contributed by atoms with Crippen LogP contribution in [-0.2, 0) is 16.0 Å². The van der Waals surface area contributed by atoms with Crippen molar-refractivity contribution in [2.75, 3.05) is 13.1 Å². The highest BCUT2D eigenvalue weighted by Crippen LogP contribution is 2.44. The van der Waals surface area contributed by atoms with Crippen LogP contribution in [0.4, 0.5) is 0 Å². The van der Waals surface area contributed by atoms with Gasteiger partial charge >= 0.3 is 11.9 Å². The summed E-state index contributed by atoms with van der Waals surface area (Å²) in [4.78, 5) is 23.4. The summed E-state index contributed by atoms with van der Waals surface area (Å²) in [7, 11) is 0. The number of hydrogen-bond acceptors (Lipinski definition) is 5. The maximum atomic E-state index is 11.7. The van der Waals surface area contributed by atoms with Gasteiger partial charge in [0.15, 0.2) is 11.5 Å². The fourth-order valence-corrected chi connectivity index (χ4v) is 3.89. The molecule has 142 valence electrons. The summed E-state index contributed by atoms with van der Waals surface area (Å²) in [5.41, 5.74) is 5.20. The molecule has 0 spiro atoms. The van der Waals surface area contributed by atoms with Gasteiger partial charge in [-0.1, -0.05) is 30.3 Å². The number of esters is 2. The summed E-state index contributed by atoms with van der Waals surface area (Å²) in [5, 5.41) is 3.50. The van der Waals surface area contributed by atoms with Crippen molar-refractivity contribution >= 4 is 11.9 Å². The molecule has 5 nitrogen and oxygen atoms in total. The molecule has 0 bridgehead atoms. The van der Waals surface area contributed by atoms with Crippen molar-refractivity contribution in [1.82, 2.24) is 5.32 Å². The Kier molecular flexibility index (Phi) is 5.61. The van der Waals surface area contributed by atoms with Gasteiger partial charge in [0, 0.05) is 26.3 Å². The molecule has 2 aromatic carbocycles. The Balaban J connectivity index is 2.27. The lowest BCUT2D eigenvalue weighted by Gasteiger charge is -2.25. The quantitative estimate of drug-likeness (QED) is 0.665. The zero-order valence-electron chi connectivity index (χ0n) is 16.2. The van der Waals surface area contributed by atoms with Crippen LogP contribution >= 0.6 is 0 Å². The molecule has 0 saturated carbocycles. The molecule has 0 radical (unpaired) electrons. The number of carbonyl (C=O) groups excluding carboxylic acids is 2. The molecule has 1 aliphatic heterocycles. The minimum absolute atomic E-state index is 0.128. The number of ether oxygens (including phenoxy) is 2.